The summed E-state index contributed by atoms with van der Waals surface area (Å²) in [6, 6.07) is 5.52. The summed E-state index contributed by atoms with van der Waals surface area (Å²) in [7, 11) is 0. The summed E-state index contributed by atoms with van der Waals surface area (Å²) in [5, 5.41) is 0. The molecule has 0 bridgehead atoms. The van der Waals surface area contributed by atoms with Gasteiger partial charge >= 0.3 is 0 Å². The third kappa shape index (κ3) is 8.23. The smallest absolute Gasteiger partial charge is 0.165 e. The molecule has 1 fully saturated rings. The maximum atomic E-state index is 14.3. The lowest BCUT2D eigenvalue weighted by Gasteiger charge is -2.35. The zero-order valence-corrected chi connectivity index (χ0v) is 20.8. The third-order valence-electron chi connectivity index (χ3n) is 8.06. The second kappa shape index (κ2) is 14.1. The van der Waals surface area contributed by atoms with Crippen LogP contribution in [0.15, 0.2) is 29.8 Å². The molecule has 1 nitrogen and oxygen atoms in total. The third-order valence-corrected chi connectivity index (χ3v) is 8.06. The van der Waals surface area contributed by atoms with Gasteiger partial charge in [-0.15, -0.1) is 0 Å². The Labute approximate surface area is 197 Å². The van der Waals surface area contributed by atoms with E-state index in [2.05, 4.69) is 19.9 Å². The van der Waals surface area contributed by atoms with Crippen LogP contribution >= 0.6 is 0 Å². The van der Waals surface area contributed by atoms with E-state index < -0.39 is 0 Å². The number of benzene rings is 1. The lowest BCUT2D eigenvalue weighted by atomic mass is 9.70. The lowest BCUT2D eigenvalue weighted by Crippen LogP contribution is -2.23. The minimum Gasteiger partial charge on any atom is -0.491 e. The highest BCUT2D eigenvalue weighted by Crippen LogP contribution is 2.41. The second-order valence-electron chi connectivity index (χ2n) is 10.5. The molecule has 1 atom stereocenters. The topological polar surface area (TPSA) is 9.23 Å². The molecule has 0 aromatic heterocycles. The van der Waals surface area contributed by atoms with Crippen molar-refractivity contribution in [2.45, 2.75) is 117 Å². The second-order valence-corrected chi connectivity index (χ2v) is 10.5. The molecular formula is C30H47FO. The van der Waals surface area contributed by atoms with Crippen LogP contribution in [0, 0.1) is 23.6 Å². The van der Waals surface area contributed by atoms with Gasteiger partial charge in [-0.05, 0) is 86.8 Å². The van der Waals surface area contributed by atoms with Gasteiger partial charge in [0.05, 0.1) is 6.61 Å². The number of allylic oxidation sites excluding steroid dienone is 2. The van der Waals surface area contributed by atoms with E-state index >= 15 is 0 Å². The molecule has 1 aromatic carbocycles. The largest absolute Gasteiger partial charge is 0.491 e. The van der Waals surface area contributed by atoms with E-state index in [0.717, 1.165) is 49.0 Å². The normalized spacial score (nSPS) is 23.7. The van der Waals surface area contributed by atoms with Crippen molar-refractivity contribution in [2.24, 2.45) is 17.8 Å². The molecule has 0 N–H and O–H groups in total. The van der Waals surface area contributed by atoms with E-state index in [9.17, 15) is 4.39 Å². The SMILES string of the molecule is CCCCCCC1CCC(C2CC=C(CCc3ccc(OCCCC)c(F)c3)CC2)CC1. The predicted octanol–water partition coefficient (Wildman–Crippen LogP) is 9.44. The first-order valence-corrected chi connectivity index (χ1v) is 13.8. The minimum atomic E-state index is -0.211. The van der Waals surface area contributed by atoms with Crippen molar-refractivity contribution in [2.75, 3.05) is 6.61 Å². The van der Waals surface area contributed by atoms with E-state index in [1.807, 2.05) is 12.1 Å². The lowest BCUT2D eigenvalue weighted by molar-refractivity contribution is 0.185. The molecule has 1 unspecified atom stereocenters. The molecule has 32 heavy (non-hydrogen) atoms. The number of halogens is 1. The van der Waals surface area contributed by atoms with Crippen LogP contribution in [0.5, 0.6) is 5.75 Å². The summed E-state index contributed by atoms with van der Waals surface area (Å²) in [5.74, 6) is 3.09. The molecule has 0 aliphatic heterocycles. The molecule has 0 amide bonds. The number of hydrogen-bond acceptors (Lipinski definition) is 1. The first kappa shape index (κ1) is 25.3. The fourth-order valence-corrected chi connectivity index (χ4v) is 5.82. The Kier molecular flexibility index (Phi) is 11.1. The van der Waals surface area contributed by atoms with Gasteiger partial charge in [-0.25, -0.2) is 4.39 Å². The monoisotopic (exact) mass is 442 g/mol. The van der Waals surface area contributed by atoms with Crippen LogP contribution in [0.4, 0.5) is 4.39 Å². The first-order valence-electron chi connectivity index (χ1n) is 13.8. The Balaban J connectivity index is 1.36. The van der Waals surface area contributed by atoms with E-state index in [1.54, 1.807) is 11.6 Å². The molecule has 0 saturated heterocycles. The molecule has 180 valence electrons. The number of unbranched alkanes of at least 4 members (excludes halogenated alkanes) is 4. The summed E-state index contributed by atoms with van der Waals surface area (Å²) in [6.45, 7) is 5.02. The highest BCUT2D eigenvalue weighted by atomic mass is 19.1. The maximum Gasteiger partial charge on any atom is 0.165 e. The molecule has 0 heterocycles. The van der Waals surface area contributed by atoms with Gasteiger partial charge in [-0.1, -0.05) is 82.9 Å². The fraction of sp³-hybridized carbons (Fsp3) is 0.733. The number of aryl methyl sites for hydroxylation is 1. The average molecular weight is 443 g/mol. The van der Waals surface area contributed by atoms with Crippen molar-refractivity contribution in [3.63, 3.8) is 0 Å². The average Bonchev–Trinajstić information content (AvgIpc) is 2.83. The van der Waals surface area contributed by atoms with E-state index in [0.29, 0.717) is 12.4 Å². The van der Waals surface area contributed by atoms with Crippen LogP contribution in [0.2, 0.25) is 0 Å². The summed E-state index contributed by atoms with van der Waals surface area (Å²) in [4.78, 5) is 0. The summed E-state index contributed by atoms with van der Waals surface area (Å²) in [6.07, 6.45) is 23.5. The fourth-order valence-electron chi connectivity index (χ4n) is 5.82. The van der Waals surface area contributed by atoms with Gasteiger partial charge in [0.1, 0.15) is 0 Å². The van der Waals surface area contributed by atoms with E-state index in [1.165, 1.54) is 77.0 Å². The van der Waals surface area contributed by atoms with E-state index in [-0.39, 0.29) is 5.82 Å². The molecule has 2 heteroatoms. The van der Waals surface area contributed by atoms with Crippen LogP contribution in [0.3, 0.4) is 0 Å². The Bertz CT molecular complexity index is 686. The van der Waals surface area contributed by atoms with Crippen molar-refractivity contribution in [1.82, 2.24) is 0 Å². The van der Waals surface area contributed by atoms with Crippen molar-refractivity contribution in [3.8, 4) is 5.75 Å². The Morgan fingerprint density at radius 3 is 2.38 bits per heavy atom. The quantitative estimate of drug-likeness (QED) is 0.218. The van der Waals surface area contributed by atoms with Gasteiger partial charge in [0, 0.05) is 0 Å². The molecule has 1 aromatic rings. The highest BCUT2D eigenvalue weighted by molar-refractivity contribution is 5.30. The molecule has 0 spiro atoms. The van der Waals surface area contributed by atoms with Crippen LogP contribution in [-0.4, -0.2) is 6.61 Å². The molecule has 3 rings (SSSR count). The zero-order valence-electron chi connectivity index (χ0n) is 20.8. The molecular weight excluding hydrogens is 395 g/mol. The predicted molar refractivity (Wildman–Crippen MR) is 135 cm³/mol. The minimum absolute atomic E-state index is 0.211. The van der Waals surface area contributed by atoms with Crippen LogP contribution < -0.4 is 4.74 Å². The van der Waals surface area contributed by atoms with Crippen molar-refractivity contribution in [1.29, 1.82) is 0 Å². The maximum absolute atomic E-state index is 14.3. The number of hydrogen-bond donors (Lipinski definition) is 0. The molecule has 2 aliphatic rings. The van der Waals surface area contributed by atoms with Crippen molar-refractivity contribution < 1.29 is 9.13 Å². The summed E-state index contributed by atoms with van der Waals surface area (Å²) >= 11 is 0. The van der Waals surface area contributed by atoms with Gasteiger partial charge in [0.25, 0.3) is 0 Å². The number of ether oxygens (including phenoxy) is 1. The van der Waals surface area contributed by atoms with Gasteiger partial charge < -0.3 is 4.74 Å². The van der Waals surface area contributed by atoms with Crippen LogP contribution in [0.25, 0.3) is 0 Å². The first-order chi connectivity index (χ1) is 15.7. The zero-order chi connectivity index (χ0) is 22.6. The molecule has 0 radical (unpaired) electrons. The standard InChI is InChI=1S/C30H47FO/c1-3-5-7-8-9-24-12-17-27(18-13-24)28-19-14-25(15-20-28)10-11-26-16-21-30(29(31)23-26)32-22-6-4-2/h14,16,21,23-24,27-28H,3-13,15,17-20,22H2,1-2H3. The van der Waals surface area contributed by atoms with E-state index in [4.69, 9.17) is 4.74 Å². The van der Waals surface area contributed by atoms with Gasteiger partial charge in [-0.2, -0.15) is 0 Å². The molecule has 2 aliphatic carbocycles. The van der Waals surface area contributed by atoms with Gasteiger partial charge in [-0.3, -0.25) is 0 Å². The Morgan fingerprint density at radius 1 is 0.875 bits per heavy atom. The van der Waals surface area contributed by atoms with Crippen LogP contribution in [0.1, 0.15) is 116 Å². The van der Waals surface area contributed by atoms with Crippen molar-refractivity contribution >= 4 is 0 Å². The highest BCUT2D eigenvalue weighted by Gasteiger charge is 2.28. The van der Waals surface area contributed by atoms with Gasteiger partial charge in [0.2, 0.25) is 0 Å². The summed E-state index contributed by atoms with van der Waals surface area (Å²) in [5.41, 5.74) is 2.68. The van der Waals surface area contributed by atoms with Gasteiger partial charge in [0.15, 0.2) is 11.6 Å². The van der Waals surface area contributed by atoms with Crippen LogP contribution in [-0.2, 0) is 6.42 Å². The molecule has 1 saturated carbocycles. The number of rotatable bonds is 13. The Hall–Kier alpha value is -1.31. The Morgan fingerprint density at radius 2 is 1.69 bits per heavy atom. The van der Waals surface area contributed by atoms with Crippen molar-refractivity contribution in [3.05, 3.63) is 41.2 Å². The summed E-state index contributed by atoms with van der Waals surface area (Å²) < 4.78 is 19.8.